The van der Waals surface area contributed by atoms with Crippen molar-refractivity contribution in [2.24, 2.45) is 0 Å². The van der Waals surface area contributed by atoms with Crippen molar-refractivity contribution in [1.82, 2.24) is 0 Å². The van der Waals surface area contributed by atoms with Crippen molar-refractivity contribution < 1.29 is 33.7 Å². The molecular weight excluding hydrogens is 292 g/mol. The van der Waals surface area contributed by atoms with E-state index in [1.54, 1.807) is 0 Å². The molecule has 1 N–H and O–H groups in total. The van der Waals surface area contributed by atoms with Gasteiger partial charge in [-0.25, -0.2) is 4.79 Å². The molecule has 0 atom stereocenters. The summed E-state index contributed by atoms with van der Waals surface area (Å²) in [5, 5.41) is 9.78. The average molecular weight is 308 g/mol. The van der Waals surface area contributed by atoms with Gasteiger partial charge in [0.05, 0.1) is 7.11 Å². The minimum atomic E-state index is -0.932. The zero-order chi connectivity index (χ0) is 16.7. The Morgan fingerprint density at radius 2 is 1.59 bits per heavy atom. The molecule has 0 aromatic heterocycles. The fourth-order valence-corrected chi connectivity index (χ4v) is 1.56. The maximum Gasteiger partial charge on any atom is 0.345 e. The van der Waals surface area contributed by atoms with Gasteiger partial charge in [-0.3, -0.25) is 9.59 Å². The van der Waals surface area contributed by atoms with Gasteiger partial charge < -0.3 is 19.3 Å². The second-order valence-corrected chi connectivity index (χ2v) is 4.22. The van der Waals surface area contributed by atoms with Gasteiger partial charge in [0.2, 0.25) is 0 Å². The highest BCUT2D eigenvalue weighted by atomic mass is 16.5. The minimum absolute atomic E-state index is 0.346. The van der Waals surface area contributed by atoms with Gasteiger partial charge >= 0.3 is 11.9 Å². The number of aliphatic hydroxyl groups excluding tert-OH is 1. The lowest BCUT2D eigenvalue weighted by molar-refractivity contribution is -0.138. The zero-order valence-corrected chi connectivity index (χ0v) is 12.4. The smallest absolute Gasteiger partial charge is 0.345 e. The highest BCUT2D eigenvalue weighted by Crippen LogP contribution is 2.18. The van der Waals surface area contributed by atoms with E-state index in [0.717, 1.165) is 14.0 Å². The normalized spacial score (nSPS) is 11.2. The number of methoxy groups -OCH3 is 1. The third kappa shape index (κ3) is 4.93. The summed E-state index contributed by atoms with van der Waals surface area (Å²) in [5.74, 6) is -1.83. The minimum Gasteiger partial charge on any atom is -0.508 e. The maximum atomic E-state index is 11.4. The molecule has 0 heterocycles. The zero-order valence-electron chi connectivity index (χ0n) is 12.4. The number of hydrogen-bond donors (Lipinski definition) is 1. The first-order chi connectivity index (χ1) is 10.3. The lowest BCUT2D eigenvalue weighted by Gasteiger charge is -2.09. The molecule has 0 saturated heterocycles. The Morgan fingerprint density at radius 1 is 1.05 bits per heavy atom. The van der Waals surface area contributed by atoms with Gasteiger partial charge in [0.15, 0.2) is 5.78 Å². The summed E-state index contributed by atoms with van der Waals surface area (Å²) in [5.41, 5.74) is -0.459. The summed E-state index contributed by atoms with van der Waals surface area (Å²) >= 11 is 0. The number of Topliss-reactive ketones (excluding diaryl/α,β-unsaturated/α-hetero) is 1. The third-order valence-electron chi connectivity index (χ3n) is 2.49. The first-order valence-corrected chi connectivity index (χ1v) is 6.27. The Hall–Kier alpha value is -2.83. The van der Waals surface area contributed by atoms with E-state index in [4.69, 9.17) is 9.47 Å². The van der Waals surface area contributed by atoms with E-state index < -0.39 is 29.1 Å². The molecule has 0 saturated carbocycles. The van der Waals surface area contributed by atoms with Gasteiger partial charge in [0.25, 0.3) is 0 Å². The van der Waals surface area contributed by atoms with Gasteiger partial charge in [-0.05, 0) is 31.2 Å². The van der Waals surface area contributed by atoms with Crippen molar-refractivity contribution in [3.63, 3.8) is 0 Å². The molecule has 22 heavy (non-hydrogen) atoms. The van der Waals surface area contributed by atoms with Crippen LogP contribution in [0, 0.1) is 0 Å². The maximum absolute atomic E-state index is 11.4. The summed E-state index contributed by atoms with van der Waals surface area (Å²) in [6.07, 6.45) is 0. The number of hydrogen-bond acceptors (Lipinski definition) is 7. The summed E-state index contributed by atoms with van der Waals surface area (Å²) in [4.78, 5) is 33.5. The molecule has 0 aliphatic rings. The van der Waals surface area contributed by atoms with Crippen LogP contribution in [0.5, 0.6) is 11.5 Å². The van der Waals surface area contributed by atoms with Crippen molar-refractivity contribution in [3.8, 4) is 11.5 Å². The van der Waals surface area contributed by atoms with E-state index in [2.05, 4.69) is 4.74 Å². The molecule has 0 fully saturated rings. The quantitative estimate of drug-likeness (QED) is 0.213. The monoisotopic (exact) mass is 308 g/mol. The Labute approximate surface area is 127 Å². The van der Waals surface area contributed by atoms with Crippen LogP contribution in [-0.4, -0.2) is 36.5 Å². The number of ketones is 1. The molecule has 1 rings (SSSR count). The molecule has 0 spiro atoms. The van der Waals surface area contributed by atoms with Gasteiger partial charge in [-0.2, -0.15) is 0 Å². The van der Waals surface area contributed by atoms with E-state index in [1.165, 1.54) is 31.2 Å². The Bertz CT molecular complexity index is 599. The van der Waals surface area contributed by atoms with Crippen LogP contribution in [0.3, 0.4) is 0 Å². The summed E-state index contributed by atoms with van der Waals surface area (Å²) in [6.45, 7) is 2.04. The number of carbonyl (C=O) groups is 3. The number of rotatable bonds is 6. The number of aliphatic hydroxyl groups is 1. The van der Waals surface area contributed by atoms with Crippen molar-refractivity contribution in [2.75, 3.05) is 13.7 Å². The molecular formula is C15H16O7. The predicted molar refractivity (Wildman–Crippen MR) is 75.6 cm³/mol. The highest BCUT2D eigenvalue weighted by molar-refractivity contribution is 6.16. The second kappa shape index (κ2) is 7.82. The van der Waals surface area contributed by atoms with Crippen LogP contribution < -0.4 is 9.47 Å². The second-order valence-electron chi connectivity index (χ2n) is 4.22. The molecule has 1 aromatic rings. The lowest BCUT2D eigenvalue weighted by atomic mass is 10.1. The van der Waals surface area contributed by atoms with Crippen LogP contribution in [0.2, 0.25) is 0 Å². The molecule has 7 nitrogen and oxygen atoms in total. The Balaban J connectivity index is 2.77. The molecule has 0 radical (unpaired) electrons. The van der Waals surface area contributed by atoms with E-state index >= 15 is 0 Å². The molecule has 0 bridgehead atoms. The first-order valence-electron chi connectivity index (χ1n) is 6.27. The van der Waals surface area contributed by atoms with Crippen LogP contribution in [0.1, 0.15) is 13.8 Å². The Kier molecular flexibility index (Phi) is 6.12. The molecule has 7 heteroatoms. The standard InChI is InChI=1S/C15H16O7/c1-9(16)14(15(19)20-3)13(18)8-21-11-4-6-12(7-5-11)22-10(2)17/h4-7,18H,8H2,1-3H3/b14-13+. The molecule has 0 amide bonds. The molecule has 118 valence electrons. The fraction of sp³-hybridized carbons (Fsp3) is 0.267. The number of ether oxygens (including phenoxy) is 3. The van der Waals surface area contributed by atoms with E-state index in [1.807, 2.05) is 0 Å². The van der Waals surface area contributed by atoms with Gasteiger partial charge in [-0.15, -0.1) is 0 Å². The van der Waals surface area contributed by atoms with E-state index in [0.29, 0.717) is 11.5 Å². The summed E-state index contributed by atoms with van der Waals surface area (Å²) in [7, 11) is 1.10. The molecule has 1 aromatic carbocycles. The van der Waals surface area contributed by atoms with Gasteiger partial charge in [0, 0.05) is 6.92 Å². The van der Waals surface area contributed by atoms with Crippen molar-refractivity contribution in [1.29, 1.82) is 0 Å². The van der Waals surface area contributed by atoms with Crippen LogP contribution >= 0.6 is 0 Å². The summed E-state index contributed by atoms with van der Waals surface area (Å²) < 4.78 is 14.5. The third-order valence-corrected chi connectivity index (χ3v) is 2.49. The fourth-order valence-electron chi connectivity index (χ4n) is 1.56. The number of benzene rings is 1. The van der Waals surface area contributed by atoms with Gasteiger partial charge in [0.1, 0.15) is 29.4 Å². The largest absolute Gasteiger partial charge is 0.508 e. The molecule has 0 aliphatic carbocycles. The van der Waals surface area contributed by atoms with Crippen LogP contribution in [0.15, 0.2) is 35.6 Å². The first kappa shape index (κ1) is 17.2. The predicted octanol–water partition coefficient (Wildman–Crippen LogP) is 1.56. The highest BCUT2D eigenvalue weighted by Gasteiger charge is 2.21. The summed E-state index contributed by atoms with van der Waals surface area (Å²) in [6, 6.07) is 6.03. The number of esters is 2. The van der Waals surface area contributed by atoms with Crippen molar-refractivity contribution in [3.05, 3.63) is 35.6 Å². The van der Waals surface area contributed by atoms with E-state index in [-0.39, 0.29) is 6.61 Å². The van der Waals surface area contributed by atoms with E-state index in [9.17, 15) is 19.5 Å². The SMILES string of the molecule is COC(=O)/C(C(C)=O)=C(/O)COc1ccc(OC(C)=O)cc1. The van der Waals surface area contributed by atoms with Crippen LogP contribution in [0.4, 0.5) is 0 Å². The topological polar surface area (TPSA) is 99.1 Å². The van der Waals surface area contributed by atoms with Crippen LogP contribution in [0.25, 0.3) is 0 Å². The number of carbonyl (C=O) groups excluding carboxylic acids is 3. The lowest BCUT2D eigenvalue weighted by Crippen LogP contribution is -2.17. The molecule has 0 unspecified atom stereocenters. The Morgan fingerprint density at radius 3 is 2.05 bits per heavy atom. The van der Waals surface area contributed by atoms with Gasteiger partial charge in [-0.1, -0.05) is 0 Å². The van der Waals surface area contributed by atoms with Crippen LogP contribution in [-0.2, 0) is 19.1 Å². The van der Waals surface area contributed by atoms with Crippen molar-refractivity contribution in [2.45, 2.75) is 13.8 Å². The van der Waals surface area contributed by atoms with Crippen molar-refractivity contribution >= 4 is 17.7 Å². The average Bonchev–Trinajstić information content (AvgIpc) is 2.45. The molecule has 0 aliphatic heterocycles.